The lowest BCUT2D eigenvalue weighted by atomic mass is 9.93. The summed E-state index contributed by atoms with van der Waals surface area (Å²) >= 11 is 0. The molecule has 0 fully saturated rings. The summed E-state index contributed by atoms with van der Waals surface area (Å²) in [5.41, 5.74) is 4.66. The molecule has 0 spiro atoms. The summed E-state index contributed by atoms with van der Waals surface area (Å²) in [7, 11) is 4.97. The van der Waals surface area contributed by atoms with E-state index in [9.17, 15) is 0 Å². The number of ether oxygens (including phenoxy) is 4. The minimum absolute atomic E-state index is 0.0870. The molecule has 1 N–H and O–H groups in total. The van der Waals surface area contributed by atoms with Gasteiger partial charge in [0.2, 0.25) is 0 Å². The van der Waals surface area contributed by atoms with Crippen molar-refractivity contribution in [3.8, 4) is 23.0 Å². The van der Waals surface area contributed by atoms with E-state index in [0.717, 1.165) is 41.3 Å². The summed E-state index contributed by atoms with van der Waals surface area (Å²) in [6, 6.07) is 20.4. The normalized spacial score (nSPS) is 15.3. The van der Waals surface area contributed by atoms with Crippen LogP contribution in [0.2, 0.25) is 0 Å². The molecule has 4 rings (SSSR count). The van der Waals surface area contributed by atoms with Gasteiger partial charge < -0.3 is 24.3 Å². The Labute approximate surface area is 189 Å². The zero-order valence-corrected chi connectivity index (χ0v) is 18.8. The number of rotatable bonds is 8. The topological polar surface area (TPSA) is 49.0 Å². The van der Waals surface area contributed by atoms with Crippen molar-refractivity contribution in [2.24, 2.45) is 0 Å². The summed E-state index contributed by atoms with van der Waals surface area (Å²) < 4.78 is 22.5. The van der Waals surface area contributed by atoms with Gasteiger partial charge in [0.15, 0.2) is 23.0 Å². The van der Waals surface area contributed by atoms with Gasteiger partial charge in [-0.3, -0.25) is 0 Å². The maximum atomic E-state index is 6.10. The van der Waals surface area contributed by atoms with Crippen LogP contribution in [0.4, 0.5) is 0 Å². The zero-order valence-electron chi connectivity index (χ0n) is 18.8. The fourth-order valence-corrected chi connectivity index (χ4v) is 3.94. The Balaban J connectivity index is 1.56. The van der Waals surface area contributed by atoms with E-state index in [1.165, 1.54) is 11.1 Å². The molecule has 1 heterocycles. The van der Waals surface area contributed by atoms with Gasteiger partial charge in [-0.1, -0.05) is 48.6 Å². The number of nitrogens with one attached hydrogen (secondary N) is 1. The molecule has 1 atom stereocenters. The summed E-state index contributed by atoms with van der Waals surface area (Å²) in [5.74, 6) is 2.96. The molecule has 32 heavy (non-hydrogen) atoms. The van der Waals surface area contributed by atoms with Crippen LogP contribution in [0.5, 0.6) is 23.0 Å². The van der Waals surface area contributed by atoms with Gasteiger partial charge in [-0.15, -0.1) is 0 Å². The van der Waals surface area contributed by atoms with Crippen molar-refractivity contribution >= 4 is 6.08 Å². The van der Waals surface area contributed by atoms with Gasteiger partial charge >= 0.3 is 0 Å². The van der Waals surface area contributed by atoms with E-state index in [2.05, 4.69) is 41.7 Å². The molecule has 0 aromatic heterocycles. The van der Waals surface area contributed by atoms with E-state index in [-0.39, 0.29) is 6.04 Å². The third-order valence-corrected chi connectivity index (χ3v) is 5.65. The third kappa shape index (κ3) is 4.89. The molecule has 3 aromatic carbocycles. The van der Waals surface area contributed by atoms with E-state index < -0.39 is 0 Å². The maximum absolute atomic E-state index is 6.10. The largest absolute Gasteiger partial charge is 0.493 e. The Morgan fingerprint density at radius 3 is 2.34 bits per heavy atom. The van der Waals surface area contributed by atoms with Crippen LogP contribution in [0.1, 0.15) is 28.3 Å². The lowest BCUT2D eigenvalue weighted by Crippen LogP contribution is -2.28. The Morgan fingerprint density at radius 2 is 1.59 bits per heavy atom. The fourth-order valence-electron chi connectivity index (χ4n) is 3.94. The summed E-state index contributed by atoms with van der Waals surface area (Å²) in [4.78, 5) is 0. The van der Waals surface area contributed by atoms with Crippen LogP contribution >= 0.6 is 0 Å². The Bertz CT molecular complexity index is 1080. The van der Waals surface area contributed by atoms with Crippen LogP contribution < -0.4 is 24.3 Å². The van der Waals surface area contributed by atoms with Crippen LogP contribution in [0.15, 0.2) is 66.7 Å². The van der Waals surface area contributed by atoms with Gasteiger partial charge in [0.1, 0.15) is 6.61 Å². The molecule has 0 saturated heterocycles. The van der Waals surface area contributed by atoms with Crippen molar-refractivity contribution in [1.82, 2.24) is 5.32 Å². The van der Waals surface area contributed by atoms with Crippen molar-refractivity contribution < 1.29 is 18.9 Å². The summed E-state index contributed by atoms with van der Waals surface area (Å²) in [5, 5.41) is 3.59. The van der Waals surface area contributed by atoms with Crippen molar-refractivity contribution in [2.45, 2.75) is 19.1 Å². The van der Waals surface area contributed by atoms with Gasteiger partial charge in [-0.05, 0) is 52.9 Å². The molecule has 1 aliphatic heterocycles. The number of hydrogen-bond acceptors (Lipinski definition) is 5. The quantitative estimate of drug-likeness (QED) is 0.532. The van der Waals surface area contributed by atoms with Crippen molar-refractivity contribution in [3.63, 3.8) is 0 Å². The smallest absolute Gasteiger partial charge is 0.161 e. The molecular weight excluding hydrogens is 402 g/mol. The van der Waals surface area contributed by atoms with Gasteiger partial charge in [0.25, 0.3) is 0 Å². The van der Waals surface area contributed by atoms with Gasteiger partial charge in [0, 0.05) is 6.54 Å². The molecule has 5 heteroatoms. The summed E-state index contributed by atoms with van der Waals surface area (Å²) in [6.45, 7) is 1.41. The van der Waals surface area contributed by atoms with Crippen LogP contribution in [0.3, 0.4) is 0 Å². The van der Waals surface area contributed by atoms with E-state index in [0.29, 0.717) is 12.4 Å². The van der Waals surface area contributed by atoms with Gasteiger partial charge in [0.05, 0.1) is 27.4 Å². The standard InChI is InChI=1S/C27H29NO4/c1-29-24-12-10-19(15-25(24)30-2)9-11-23-22-17-26(31-3)27(16-21(22)13-14-28-23)32-18-20-7-5-4-6-8-20/h4-12,15-17,23,28H,13-14,18H2,1-3H3. The Hall–Kier alpha value is -3.44. The number of hydrogen-bond donors (Lipinski definition) is 1. The maximum Gasteiger partial charge on any atom is 0.161 e. The average molecular weight is 432 g/mol. The minimum Gasteiger partial charge on any atom is -0.493 e. The highest BCUT2D eigenvalue weighted by Gasteiger charge is 2.21. The van der Waals surface area contributed by atoms with E-state index in [1.807, 2.05) is 36.4 Å². The van der Waals surface area contributed by atoms with Crippen LogP contribution in [-0.2, 0) is 13.0 Å². The van der Waals surface area contributed by atoms with Crippen molar-refractivity contribution in [1.29, 1.82) is 0 Å². The van der Waals surface area contributed by atoms with E-state index >= 15 is 0 Å². The van der Waals surface area contributed by atoms with Crippen molar-refractivity contribution in [2.75, 3.05) is 27.9 Å². The molecule has 1 unspecified atom stereocenters. The molecule has 0 aliphatic carbocycles. The first-order valence-corrected chi connectivity index (χ1v) is 10.7. The highest BCUT2D eigenvalue weighted by atomic mass is 16.5. The second-order valence-corrected chi connectivity index (χ2v) is 7.63. The predicted molar refractivity (Wildman–Crippen MR) is 127 cm³/mol. The number of fused-ring (bicyclic) bond motifs is 1. The molecular formula is C27H29NO4. The first kappa shape index (κ1) is 21.8. The second kappa shape index (κ2) is 10.2. The van der Waals surface area contributed by atoms with Crippen LogP contribution in [0, 0.1) is 0 Å². The minimum atomic E-state index is 0.0870. The van der Waals surface area contributed by atoms with E-state index in [4.69, 9.17) is 18.9 Å². The highest BCUT2D eigenvalue weighted by molar-refractivity contribution is 5.58. The zero-order chi connectivity index (χ0) is 22.3. The molecule has 0 bridgehead atoms. The first-order chi connectivity index (χ1) is 15.7. The lowest BCUT2D eigenvalue weighted by molar-refractivity contribution is 0.283. The lowest BCUT2D eigenvalue weighted by Gasteiger charge is -2.26. The first-order valence-electron chi connectivity index (χ1n) is 10.7. The highest BCUT2D eigenvalue weighted by Crippen LogP contribution is 2.36. The molecule has 166 valence electrons. The molecule has 0 radical (unpaired) electrons. The van der Waals surface area contributed by atoms with Crippen molar-refractivity contribution in [3.05, 3.63) is 89.0 Å². The SMILES string of the molecule is COc1ccc(C=CC2NCCc3cc(OCc4ccccc4)c(OC)cc32)cc1OC. The Kier molecular flexibility index (Phi) is 6.97. The molecule has 3 aromatic rings. The average Bonchev–Trinajstić information content (AvgIpc) is 2.85. The number of benzene rings is 3. The van der Waals surface area contributed by atoms with E-state index in [1.54, 1.807) is 21.3 Å². The van der Waals surface area contributed by atoms with Gasteiger partial charge in [-0.25, -0.2) is 0 Å². The summed E-state index contributed by atoms with van der Waals surface area (Å²) in [6.07, 6.45) is 5.21. The van der Waals surface area contributed by atoms with Crippen LogP contribution in [0.25, 0.3) is 6.08 Å². The fraction of sp³-hybridized carbons (Fsp3) is 0.259. The Morgan fingerprint density at radius 1 is 0.844 bits per heavy atom. The predicted octanol–water partition coefficient (Wildman–Crippen LogP) is 5.19. The molecule has 0 saturated carbocycles. The molecule has 0 amide bonds. The molecule has 5 nitrogen and oxygen atoms in total. The van der Waals surface area contributed by atoms with Gasteiger partial charge in [-0.2, -0.15) is 0 Å². The number of methoxy groups -OCH3 is 3. The van der Waals surface area contributed by atoms with Crippen LogP contribution in [-0.4, -0.2) is 27.9 Å². The molecule has 1 aliphatic rings. The monoisotopic (exact) mass is 431 g/mol. The third-order valence-electron chi connectivity index (χ3n) is 5.65. The second-order valence-electron chi connectivity index (χ2n) is 7.63.